The molecule has 27 heavy (non-hydrogen) atoms. The molecule has 1 aliphatic heterocycles. The number of benzene rings is 1. The summed E-state index contributed by atoms with van der Waals surface area (Å²) in [5.41, 5.74) is 1.59. The first-order valence-corrected chi connectivity index (χ1v) is 10.6. The molecule has 8 heteroatoms. The minimum Gasteiger partial charge on any atom is -0.492 e. The Hall–Kier alpha value is -2.61. The SMILES string of the molecule is CCOc1ccccc1NC(=O)c1cc(N(C)C2CCS(=O)(=O)C2)ccn1. The molecular formula is C19H23N3O4S. The van der Waals surface area contributed by atoms with Crippen LogP contribution in [0.2, 0.25) is 0 Å². The fraction of sp³-hybridized carbons (Fsp3) is 0.368. The average Bonchev–Trinajstić information content (AvgIpc) is 3.03. The zero-order valence-electron chi connectivity index (χ0n) is 15.4. The number of para-hydroxylation sites is 2. The van der Waals surface area contributed by atoms with Gasteiger partial charge in [0.15, 0.2) is 9.84 Å². The van der Waals surface area contributed by atoms with E-state index >= 15 is 0 Å². The first-order chi connectivity index (χ1) is 12.9. The van der Waals surface area contributed by atoms with Crippen molar-refractivity contribution in [3.8, 4) is 5.75 Å². The van der Waals surface area contributed by atoms with Crippen LogP contribution < -0.4 is 15.0 Å². The van der Waals surface area contributed by atoms with Crippen molar-refractivity contribution in [3.05, 3.63) is 48.3 Å². The maximum Gasteiger partial charge on any atom is 0.274 e. The average molecular weight is 389 g/mol. The summed E-state index contributed by atoms with van der Waals surface area (Å²) in [5.74, 6) is 0.582. The molecule has 0 saturated carbocycles. The first kappa shape index (κ1) is 19.2. The molecular weight excluding hydrogens is 366 g/mol. The van der Waals surface area contributed by atoms with Crippen LogP contribution in [0.4, 0.5) is 11.4 Å². The highest BCUT2D eigenvalue weighted by Gasteiger charge is 2.31. The maximum absolute atomic E-state index is 12.6. The van der Waals surface area contributed by atoms with Gasteiger partial charge in [-0.05, 0) is 37.6 Å². The van der Waals surface area contributed by atoms with Crippen LogP contribution in [0.3, 0.4) is 0 Å². The minimum absolute atomic E-state index is 0.0907. The molecule has 0 spiro atoms. The normalized spacial score (nSPS) is 18.1. The number of amides is 1. The van der Waals surface area contributed by atoms with Crippen molar-refractivity contribution in [2.75, 3.05) is 35.4 Å². The van der Waals surface area contributed by atoms with Crippen LogP contribution in [0.1, 0.15) is 23.8 Å². The van der Waals surface area contributed by atoms with Crippen LogP contribution in [0.15, 0.2) is 42.6 Å². The molecule has 1 saturated heterocycles. The predicted molar refractivity (Wildman–Crippen MR) is 105 cm³/mol. The van der Waals surface area contributed by atoms with Gasteiger partial charge in [-0.1, -0.05) is 12.1 Å². The third kappa shape index (κ3) is 4.57. The van der Waals surface area contributed by atoms with Gasteiger partial charge in [0.2, 0.25) is 0 Å². The fourth-order valence-electron chi connectivity index (χ4n) is 3.09. The Balaban J connectivity index is 1.76. The van der Waals surface area contributed by atoms with Crippen molar-refractivity contribution in [1.29, 1.82) is 0 Å². The van der Waals surface area contributed by atoms with Crippen LogP contribution in [0, 0.1) is 0 Å². The third-order valence-electron chi connectivity index (χ3n) is 4.57. The number of nitrogens with zero attached hydrogens (tertiary/aromatic N) is 2. The zero-order valence-corrected chi connectivity index (χ0v) is 16.2. The van der Waals surface area contributed by atoms with Crippen LogP contribution in [0.5, 0.6) is 5.75 Å². The van der Waals surface area contributed by atoms with Gasteiger partial charge < -0.3 is 15.0 Å². The number of sulfone groups is 1. The minimum atomic E-state index is -2.98. The summed E-state index contributed by atoms with van der Waals surface area (Å²) in [4.78, 5) is 18.7. The molecule has 1 atom stereocenters. The number of hydrogen-bond acceptors (Lipinski definition) is 6. The van der Waals surface area contributed by atoms with Crippen LogP contribution in [0.25, 0.3) is 0 Å². The number of hydrogen-bond donors (Lipinski definition) is 1. The highest BCUT2D eigenvalue weighted by Crippen LogP contribution is 2.26. The lowest BCUT2D eigenvalue weighted by Gasteiger charge is -2.25. The lowest BCUT2D eigenvalue weighted by molar-refractivity contribution is 0.102. The van der Waals surface area contributed by atoms with Crippen molar-refractivity contribution >= 4 is 27.1 Å². The lowest BCUT2D eigenvalue weighted by atomic mass is 10.2. The number of ether oxygens (including phenoxy) is 1. The summed E-state index contributed by atoms with van der Waals surface area (Å²) in [6.07, 6.45) is 2.14. The van der Waals surface area contributed by atoms with Crippen LogP contribution in [-0.2, 0) is 9.84 Å². The van der Waals surface area contributed by atoms with Gasteiger partial charge in [0.05, 0.1) is 23.8 Å². The molecule has 1 N–H and O–H groups in total. The molecule has 0 radical (unpaired) electrons. The molecule has 1 fully saturated rings. The summed E-state index contributed by atoms with van der Waals surface area (Å²) in [6.45, 7) is 2.37. The van der Waals surface area contributed by atoms with Crippen LogP contribution in [-0.4, -0.2) is 50.5 Å². The molecule has 2 aromatic rings. The van der Waals surface area contributed by atoms with Crippen molar-refractivity contribution in [1.82, 2.24) is 4.98 Å². The Morgan fingerprint density at radius 3 is 2.81 bits per heavy atom. The zero-order chi connectivity index (χ0) is 19.4. The summed E-state index contributed by atoms with van der Waals surface area (Å²) < 4.78 is 29.0. The predicted octanol–water partition coefficient (Wildman–Crippen LogP) is 2.36. The Kier molecular flexibility index (Phi) is 5.65. The van der Waals surface area contributed by atoms with E-state index in [2.05, 4.69) is 10.3 Å². The fourth-order valence-corrected chi connectivity index (χ4v) is 4.87. The van der Waals surface area contributed by atoms with Gasteiger partial charge in [-0.25, -0.2) is 8.42 Å². The molecule has 2 heterocycles. The van der Waals surface area contributed by atoms with E-state index < -0.39 is 9.84 Å². The second kappa shape index (κ2) is 7.96. The van der Waals surface area contributed by atoms with Gasteiger partial charge in [-0.15, -0.1) is 0 Å². The van der Waals surface area contributed by atoms with Crippen molar-refractivity contribution in [3.63, 3.8) is 0 Å². The van der Waals surface area contributed by atoms with Crippen molar-refractivity contribution < 1.29 is 17.9 Å². The lowest BCUT2D eigenvalue weighted by Crippen LogP contribution is -2.32. The number of rotatable bonds is 6. The van der Waals surface area contributed by atoms with E-state index in [-0.39, 0.29) is 29.1 Å². The van der Waals surface area contributed by atoms with Gasteiger partial charge >= 0.3 is 0 Å². The number of anilines is 2. The number of aromatic nitrogens is 1. The number of carbonyl (C=O) groups excluding carboxylic acids is 1. The molecule has 0 aliphatic carbocycles. The van der Waals surface area contributed by atoms with E-state index in [4.69, 9.17) is 4.74 Å². The maximum atomic E-state index is 12.6. The molecule has 1 aromatic heterocycles. The van der Waals surface area contributed by atoms with Crippen molar-refractivity contribution in [2.24, 2.45) is 0 Å². The largest absolute Gasteiger partial charge is 0.492 e. The summed E-state index contributed by atoms with van der Waals surface area (Å²) >= 11 is 0. The summed E-state index contributed by atoms with van der Waals surface area (Å²) in [7, 11) is -1.14. The van der Waals surface area contributed by atoms with E-state index in [9.17, 15) is 13.2 Å². The van der Waals surface area contributed by atoms with E-state index in [1.54, 1.807) is 30.5 Å². The molecule has 1 unspecified atom stereocenters. The van der Waals surface area contributed by atoms with Crippen molar-refractivity contribution in [2.45, 2.75) is 19.4 Å². The standard InChI is InChI=1S/C19H23N3O4S/c1-3-26-18-7-5-4-6-16(18)21-19(23)17-12-14(8-10-20-17)22(2)15-9-11-27(24,25)13-15/h4-8,10,12,15H,3,9,11,13H2,1-2H3,(H,21,23). The summed E-state index contributed by atoms with van der Waals surface area (Å²) in [5, 5.41) is 2.82. The van der Waals surface area contributed by atoms with E-state index in [1.165, 1.54) is 0 Å². The molecule has 144 valence electrons. The topological polar surface area (TPSA) is 88.6 Å². The Labute approximate surface area is 159 Å². The smallest absolute Gasteiger partial charge is 0.274 e. The van der Waals surface area contributed by atoms with E-state index in [1.807, 2.05) is 31.0 Å². The van der Waals surface area contributed by atoms with Gasteiger partial charge in [0.1, 0.15) is 11.4 Å². The third-order valence-corrected chi connectivity index (χ3v) is 6.33. The molecule has 3 rings (SSSR count). The molecule has 1 aliphatic rings. The number of nitrogens with one attached hydrogen (secondary N) is 1. The Morgan fingerprint density at radius 1 is 1.33 bits per heavy atom. The summed E-state index contributed by atoms with van der Waals surface area (Å²) in [6, 6.07) is 10.6. The second-order valence-electron chi connectivity index (χ2n) is 6.45. The van der Waals surface area contributed by atoms with Gasteiger partial charge in [0.25, 0.3) is 5.91 Å². The van der Waals surface area contributed by atoms with Crippen LogP contribution >= 0.6 is 0 Å². The highest BCUT2D eigenvalue weighted by molar-refractivity contribution is 7.91. The van der Waals surface area contributed by atoms with Gasteiger partial charge in [0, 0.05) is 25.0 Å². The van der Waals surface area contributed by atoms with Gasteiger partial charge in [-0.3, -0.25) is 9.78 Å². The van der Waals surface area contributed by atoms with E-state index in [0.29, 0.717) is 24.5 Å². The molecule has 1 aromatic carbocycles. The highest BCUT2D eigenvalue weighted by atomic mass is 32.2. The number of pyridine rings is 1. The first-order valence-electron chi connectivity index (χ1n) is 8.82. The Bertz CT molecular complexity index is 930. The molecule has 1 amide bonds. The molecule has 7 nitrogen and oxygen atoms in total. The Morgan fingerprint density at radius 2 is 2.11 bits per heavy atom. The monoisotopic (exact) mass is 389 g/mol. The molecule has 0 bridgehead atoms. The van der Waals surface area contributed by atoms with E-state index in [0.717, 1.165) is 5.69 Å². The second-order valence-corrected chi connectivity index (χ2v) is 8.68. The van der Waals surface area contributed by atoms with Gasteiger partial charge in [-0.2, -0.15) is 0 Å². The quantitative estimate of drug-likeness (QED) is 0.816. The number of carbonyl (C=O) groups is 1.